The fraction of sp³-hybridized carbons (Fsp3) is 0.462. The first-order valence-electron chi connectivity index (χ1n) is 6.26. The smallest absolute Gasteiger partial charge is 0.238 e. The van der Waals surface area contributed by atoms with Crippen LogP contribution in [0, 0.1) is 5.82 Å². The van der Waals surface area contributed by atoms with E-state index in [-0.39, 0.29) is 18.1 Å². The zero-order valence-corrected chi connectivity index (χ0v) is 11.5. The van der Waals surface area contributed by atoms with E-state index in [0.717, 1.165) is 19.6 Å². The third-order valence-corrected chi connectivity index (χ3v) is 3.43. The normalized spacial score (nSPS) is 20.3. The van der Waals surface area contributed by atoms with Gasteiger partial charge in [0, 0.05) is 30.7 Å². The molecule has 0 aliphatic carbocycles. The van der Waals surface area contributed by atoms with E-state index in [2.05, 4.69) is 22.5 Å². The van der Waals surface area contributed by atoms with Crippen molar-refractivity contribution in [2.45, 2.75) is 13.0 Å². The molecule has 1 aromatic carbocycles. The second-order valence-electron chi connectivity index (χ2n) is 4.70. The van der Waals surface area contributed by atoms with Crippen molar-refractivity contribution in [1.29, 1.82) is 0 Å². The van der Waals surface area contributed by atoms with Crippen LogP contribution in [0.15, 0.2) is 18.2 Å². The number of halogens is 2. The monoisotopic (exact) mass is 285 g/mol. The minimum atomic E-state index is -0.519. The first-order chi connectivity index (χ1) is 9.06. The Morgan fingerprint density at radius 1 is 1.63 bits per heavy atom. The van der Waals surface area contributed by atoms with Crippen molar-refractivity contribution >= 4 is 23.2 Å². The average Bonchev–Trinajstić information content (AvgIpc) is 2.36. The van der Waals surface area contributed by atoms with Crippen molar-refractivity contribution in [2.75, 3.05) is 31.5 Å². The first-order valence-corrected chi connectivity index (χ1v) is 6.64. The molecule has 0 spiro atoms. The molecule has 1 aliphatic rings. The van der Waals surface area contributed by atoms with Crippen LogP contribution in [0.25, 0.3) is 0 Å². The molecule has 104 valence electrons. The van der Waals surface area contributed by atoms with Crippen LogP contribution >= 0.6 is 11.6 Å². The summed E-state index contributed by atoms with van der Waals surface area (Å²) in [5, 5.41) is 6.14. The summed E-state index contributed by atoms with van der Waals surface area (Å²) < 4.78 is 13.5. The zero-order chi connectivity index (χ0) is 13.8. The van der Waals surface area contributed by atoms with Crippen molar-refractivity contribution in [2.24, 2.45) is 0 Å². The highest BCUT2D eigenvalue weighted by molar-refractivity contribution is 6.30. The first kappa shape index (κ1) is 14.2. The lowest BCUT2D eigenvalue weighted by Gasteiger charge is -2.33. The molecule has 2 N–H and O–H groups in total. The summed E-state index contributed by atoms with van der Waals surface area (Å²) in [6.07, 6.45) is 0. The molecular weight excluding hydrogens is 269 g/mol. The highest BCUT2D eigenvalue weighted by Crippen LogP contribution is 2.18. The van der Waals surface area contributed by atoms with E-state index in [0.29, 0.717) is 11.1 Å². The largest absolute Gasteiger partial charge is 0.322 e. The van der Waals surface area contributed by atoms with Gasteiger partial charge < -0.3 is 10.6 Å². The number of benzene rings is 1. The number of hydrogen-bond donors (Lipinski definition) is 2. The number of anilines is 1. The predicted molar refractivity (Wildman–Crippen MR) is 73.9 cm³/mol. The molecule has 1 aromatic rings. The van der Waals surface area contributed by atoms with Gasteiger partial charge in [0.05, 0.1) is 12.2 Å². The third kappa shape index (κ3) is 3.89. The molecule has 1 unspecified atom stereocenters. The molecule has 0 radical (unpaired) electrons. The van der Waals surface area contributed by atoms with Gasteiger partial charge in [-0.3, -0.25) is 9.69 Å². The lowest BCUT2D eigenvalue weighted by atomic mass is 10.2. The standard InChI is InChI=1S/C13H17ClFN3O/c1-9-7-16-4-5-18(9)8-13(19)17-12-3-2-10(14)6-11(12)15/h2-3,6,9,16H,4-5,7-8H2,1H3,(H,17,19). The number of carbonyl (C=O) groups is 1. The van der Waals surface area contributed by atoms with Gasteiger partial charge in [0.1, 0.15) is 5.82 Å². The van der Waals surface area contributed by atoms with Crippen LogP contribution < -0.4 is 10.6 Å². The van der Waals surface area contributed by atoms with Gasteiger partial charge in [-0.25, -0.2) is 4.39 Å². The summed E-state index contributed by atoms with van der Waals surface area (Å²) >= 11 is 5.66. The second-order valence-corrected chi connectivity index (χ2v) is 5.13. The molecule has 1 saturated heterocycles. The van der Waals surface area contributed by atoms with E-state index < -0.39 is 5.82 Å². The minimum absolute atomic E-state index is 0.164. The van der Waals surface area contributed by atoms with Gasteiger partial charge in [0.15, 0.2) is 0 Å². The Hall–Kier alpha value is -1.17. The van der Waals surface area contributed by atoms with Crippen LogP contribution in [0.5, 0.6) is 0 Å². The Morgan fingerprint density at radius 2 is 2.42 bits per heavy atom. The van der Waals surface area contributed by atoms with Crippen molar-refractivity contribution in [3.8, 4) is 0 Å². The van der Waals surface area contributed by atoms with E-state index in [1.807, 2.05) is 0 Å². The minimum Gasteiger partial charge on any atom is -0.322 e. The number of carbonyl (C=O) groups excluding carboxylic acids is 1. The number of piperazine rings is 1. The van der Waals surface area contributed by atoms with Gasteiger partial charge in [-0.1, -0.05) is 11.6 Å². The zero-order valence-electron chi connectivity index (χ0n) is 10.7. The number of nitrogens with zero attached hydrogens (tertiary/aromatic N) is 1. The number of rotatable bonds is 3. The van der Waals surface area contributed by atoms with Crippen molar-refractivity contribution in [3.05, 3.63) is 29.0 Å². The van der Waals surface area contributed by atoms with E-state index in [4.69, 9.17) is 11.6 Å². The molecule has 1 atom stereocenters. The van der Waals surface area contributed by atoms with Crippen LogP contribution in [-0.4, -0.2) is 43.0 Å². The molecule has 0 bridgehead atoms. The molecule has 0 aromatic heterocycles. The maximum atomic E-state index is 13.5. The van der Waals surface area contributed by atoms with Gasteiger partial charge in [0.25, 0.3) is 0 Å². The predicted octanol–water partition coefficient (Wildman–Crippen LogP) is 1.71. The molecule has 4 nitrogen and oxygen atoms in total. The highest BCUT2D eigenvalue weighted by atomic mass is 35.5. The fourth-order valence-electron chi connectivity index (χ4n) is 2.08. The molecule has 6 heteroatoms. The molecule has 0 saturated carbocycles. The van der Waals surface area contributed by atoms with Gasteiger partial charge >= 0.3 is 0 Å². The quantitative estimate of drug-likeness (QED) is 0.889. The maximum absolute atomic E-state index is 13.5. The van der Waals surface area contributed by atoms with E-state index in [1.54, 1.807) is 6.07 Å². The lowest BCUT2D eigenvalue weighted by Crippen LogP contribution is -2.52. The Morgan fingerprint density at radius 3 is 3.11 bits per heavy atom. The van der Waals surface area contributed by atoms with E-state index in [1.165, 1.54) is 12.1 Å². The topological polar surface area (TPSA) is 44.4 Å². The summed E-state index contributed by atoms with van der Waals surface area (Å²) in [4.78, 5) is 14.0. The van der Waals surface area contributed by atoms with Crippen LogP contribution in [0.3, 0.4) is 0 Å². The Labute approximate surface area is 116 Å². The van der Waals surface area contributed by atoms with Gasteiger partial charge in [0.2, 0.25) is 5.91 Å². The summed E-state index contributed by atoms with van der Waals surface area (Å²) in [6.45, 7) is 4.88. The summed E-state index contributed by atoms with van der Waals surface area (Å²) in [7, 11) is 0. The maximum Gasteiger partial charge on any atom is 0.238 e. The number of hydrogen-bond acceptors (Lipinski definition) is 3. The number of amides is 1. The van der Waals surface area contributed by atoms with Crippen molar-refractivity contribution < 1.29 is 9.18 Å². The van der Waals surface area contributed by atoms with Crippen LogP contribution in [-0.2, 0) is 4.79 Å². The van der Waals surface area contributed by atoms with Crippen molar-refractivity contribution in [3.63, 3.8) is 0 Å². The SMILES string of the molecule is CC1CNCCN1CC(=O)Nc1ccc(Cl)cc1F. The highest BCUT2D eigenvalue weighted by Gasteiger charge is 2.20. The fourth-order valence-corrected chi connectivity index (χ4v) is 2.24. The second kappa shape index (κ2) is 6.32. The lowest BCUT2D eigenvalue weighted by molar-refractivity contribution is -0.118. The Kier molecular flexibility index (Phi) is 4.74. The molecule has 1 heterocycles. The van der Waals surface area contributed by atoms with Crippen LogP contribution in [0.2, 0.25) is 5.02 Å². The van der Waals surface area contributed by atoms with Gasteiger partial charge in [-0.15, -0.1) is 0 Å². The molecular formula is C13H17ClFN3O. The summed E-state index contributed by atoms with van der Waals surface area (Å²) in [5.41, 5.74) is 0.164. The molecule has 2 rings (SSSR count). The number of nitrogens with one attached hydrogen (secondary N) is 2. The molecule has 1 fully saturated rings. The molecule has 19 heavy (non-hydrogen) atoms. The molecule has 1 aliphatic heterocycles. The molecule has 1 amide bonds. The van der Waals surface area contributed by atoms with Crippen LogP contribution in [0.4, 0.5) is 10.1 Å². The third-order valence-electron chi connectivity index (χ3n) is 3.19. The van der Waals surface area contributed by atoms with Gasteiger partial charge in [-0.2, -0.15) is 0 Å². The summed E-state index contributed by atoms with van der Waals surface area (Å²) in [6, 6.07) is 4.50. The van der Waals surface area contributed by atoms with Crippen LogP contribution in [0.1, 0.15) is 6.92 Å². The Balaban J connectivity index is 1.93. The van der Waals surface area contributed by atoms with Gasteiger partial charge in [-0.05, 0) is 25.1 Å². The van der Waals surface area contributed by atoms with E-state index >= 15 is 0 Å². The average molecular weight is 286 g/mol. The van der Waals surface area contributed by atoms with Crippen molar-refractivity contribution in [1.82, 2.24) is 10.2 Å². The summed E-state index contributed by atoms with van der Waals surface area (Å²) in [5.74, 6) is -0.732. The Bertz CT molecular complexity index is 469. The van der Waals surface area contributed by atoms with E-state index in [9.17, 15) is 9.18 Å².